The number of anilines is 1. The van der Waals surface area contributed by atoms with Gasteiger partial charge in [0.2, 0.25) is 11.6 Å². The molecule has 7 N–H and O–H groups in total. The van der Waals surface area contributed by atoms with Crippen LogP contribution in [0.5, 0.6) is 0 Å². The third-order valence-corrected chi connectivity index (χ3v) is 20.4. The number of rotatable bonds is 38. The van der Waals surface area contributed by atoms with Gasteiger partial charge in [0.25, 0.3) is 10.1 Å². The number of carbonyl (C=O) groups is 8. The van der Waals surface area contributed by atoms with E-state index in [1.54, 1.807) is 0 Å². The van der Waals surface area contributed by atoms with Gasteiger partial charge in [-0.3, -0.25) is 23.7 Å². The van der Waals surface area contributed by atoms with Crippen LogP contribution in [-0.4, -0.2) is 118 Å². The second-order valence-electron chi connectivity index (χ2n) is 28.2. The number of ketones is 3. The molecule has 0 bridgehead atoms. The van der Waals surface area contributed by atoms with E-state index in [0.29, 0.717) is 95.4 Å². The van der Waals surface area contributed by atoms with E-state index in [0.717, 1.165) is 60.0 Å². The van der Waals surface area contributed by atoms with E-state index in [1.807, 2.05) is 19.1 Å². The van der Waals surface area contributed by atoms with Crippen LogP contribution in [0.15, 0.2) is 101 Å². The minimum Gasteiger partial charge on any atom is -0.481 e. The van der Waals surface area contributed by atoms with Gasteiger partial charge in [0.15, 0.2) is 5.71 Å². The number of aliphatic carboxylic acids is 3. The maximum Gasteiger partial charge on any atom is 0.326 e. The smallest absolute Gasteiger partial charge is 0.326 e. The average molecular weight is 1350 g/mol. The van der Waals surface area contributed by atoms with Gasteiger partial charge in [-0.25, -0.2) is 14.4 Å². The predicted octanol–water partition coefficient (Wildman–Crippen LogP) is 14.4. The zero-order chi connectivity index (χ0) is 70.9. The van der Waals surface area contributed by atoms with Gasteiger partial charge in [-0.1, -0.05) is 87.9 Å². The number of benzene rings is 4. The maximum atomic E-state index is 13.2. The summed E-state index contributed by atoms with van der Waals surface area (Å²) in [6.45, 7) is 17.4. The molecule has 4 aromatic rings. The van der Waals surface area contributed by atoms with Crippen LogP contribution in [0.25, 0.3) is 21.5 Å². The molecule has 4 aromatic carbocycles. The van der Waals surface area contributed by atoms with Crippen LogP contribution in [0.3, 0.4) is 0 Å². The summed E-state index contributed by atoms with van der Waals surface area (Å²) in [5.41, 5.74) is 12.0. The highest BCUT2D eigenvalue weighted by molar-refractivity contribution is 7.86. The molecule has 0 aromatic heterocycles. The van der Waals surface area contributed by atoms with Gasteiger partial charge in [-0.05, 0) is 199 Å². The van der Waals surface area contributed by atoms with Gasteiger partial charge < -0.3 is 41.0 Å². The summed E-state index contributed by atoms with van der Waals surface area (Å²) in [4.78, 5) is 99.4. The lowest BCUT2D eigenvalue weighted by molar-refractivity contribution is -0.401. The van der Waals surface area contributed by atoms with Gasteiger partial charge in [-0.15, -0.1) is 0 Å². The normalized spacial score (nSPS) is 16.7. The highest BCUT2D eigenvalue weighted by Gasteiger charge is 2.44. The highest BCUT2D eigenvalue weighted by atomic mass is 32.2. The van der Waals surface area contributed by atoms with E-state index < -0.39 is 57.5 Å². The van der Waals surface area contributed by atoms with Gasteiger partial charge in [0.1, 0.15) is 41.4 Å². The Morgan fingerprint density at radius 3 is 1.88 bits per heavy atom. The van der Waals surface area contributed by atoms with E-state index in [9.17, 15) is 66.6 Å². The number of hydrogen-bond donors (Lipinski definition) is 7. The van der Waals surface area contributed by atoms with E-state index in [4.69, 9.17) is 0 Å². The second-order valence-corrected chi connectivity index (χ2v) is 29.6. The van der Waals surface area contributed by atoms with Crippen molar-refractivity contribution in [3.63, 3.8) is 0 Å². The van der Waals surface area contributed by atoms with Crippen molar-refractivity contribution in [1.82, 2.24) is 16.0 Å². The van der Waals surface area contributed by atoms with E-state index in [1.165, 1.54) is 63.0 Å². The number of aryl methyl sites for hydroxylation is 3. The molecule has 3 atom stereocenters. The van der Waals surface area contributed by atoms with Gasteiger partial charge in [0.05, 0.1) is 11.3 Å². The molecule has 2 aliphatic heterocycles. The first kappa shape index (κ1) is 76.3. The summed E-state index contributed by atoms with van der Waals surface area (Å²) in [6, 6.07) is 13.1. The molecule has 2 unspecified atom stereocenters. The summed E-state index contributed by atoms with van der Waals surface area (Å²) >= 11 is 0. The molecular weight excluding hydrogens is 1250 g/mol. The van der Waals surface area contributed by atoms with E-state index in [2.05, 4.69) is 135 Å². The molecule has 20 heteroatoms. The summed E-state index contributed by atoms with van der Waals surface area (Å²) in [6.07, 6.45) is 23.2. The van der Waals surface area contributed by atoms with Crippen LogP contribution >= 0.6 is 0 Å². The first-order chi connectivity index (χ1) is 45.8. The maximum absolute atomic E-state index is 13.2. The van der Waals surface area contributed by atoms with Crippen LogP contribution in [0, 0.1) is 26.7 Å². The van der Waals surface area contributed by atoms with Crippen molar-refractivity contribution in [3.8, 4) is 0 Å². The number of nitrogens with zero attached hydrogens (tertiary/aromatic N) is 2. The van der Waals surface area contributed by atoms with Crippen LogP contribution < -0.4 is 20.9 Å². The third kappa shape index (κ3) is 21.0. The zero-order valence-electron chi connectivity index (χ0n) is 58.3. The lowest BCUT2D eigenvalue weighted by atomic mass is 9.80. The van der Waals surface area contributed by atoms with Crippen molar-refractivity contribution in [2.24, 2.45) is 5.92 Å². The number of urea groups is 1. The molecule has 2 heterocycles. The minimum atomic E-state index is -4.53. The van der Waals surface area contributed by atoms with Crippen molar-refractivity contribution in [2.75, 3.05) is 25.0 Å². The first-order valence-electron chi connectivity index (χ1n) is 34.7. The van der Waals surface area contributed by atoms with E-state index in [-0.39, 0.29) is 78.6 Å². The number of hydrogen-bond acceptors (Lipinski definition) is 11. The first-order valence-corrected chi connectivity index (χ1v) is 36.1. The minimum absolute atomic E-state index is 0.0418. The number of unbranched alkanes of at least 4 members (excludes halogenated alkanes) is 8. The molecule has 0 radical (unpaired) electrons. The topological polar surface area (TPSA) is 294 Å². The summed E-state index contributed by atoms with van der Waals surface area (Å²) in [5.74, 6) is -4.86. The zero-order valence-corrected chi connectivity index (χ0v) is 59.1. The summed E-state index contributed by atoms with van der Waals surface area (Å²) in [7, 11) is -2.37. The fraction of sp³-hybridized carbons (Fsp3) is 0.519. The summed E-state index contributed by atoms with van der Waals surface area (Å²) in [5, 5.41) is 39.8. The number of Topliss-reactive ketones (excluding diaryl/α,β-unsaturated/α-hetero) is 3. The van der Waals surface area contributed by atoms with Gasteiger partial charge in [0, 0.05) is 91.5 Å². The molecule has 3 amide bonds. The van der Waals surface area contributed by atoms with Crippen molar-refractivity contribution in [1.29, 1.82) is 0 Å². The fourth-order valence-corrected chi connectivity index (χ4v) is 14.9. The molecule has 0 spiro atoms. The van der Waals surface area contributed by atoms with Crippen LogP contribution in [0.4, 0.5) is 16.2 Å². The lowest BCUT2D eigenvalue weighted by Crippen LogP contribution is -2.51. The van der Waals surface area contributed by atoms with Crippen molar-refractivity contribution in [2.45, 2.75) is 237 Å². The molecule has 1 aliphatic carbocycles. The fourth-order valence-electron chi connectivity index (χ4n) is 14.1. The molecule has 7 rings (SSSR count). The van der Waals surface area contributed by atoms with Gasteiger partial charge >= 0.3 is 23.9 Å². The Labute approximate surface area is 572 Å². The molecule has 3 aliphatic rings. The Morgan fingerprint density at radius 1 is 0.619 bits per heavy atom. The molecular formula is C77H102N5O14S+. The Bertz CT molecular complexity index is 3930. The van der Waals surface area contributed by atoms with Crippen molar-refractivity contribution in [3.05, 3.63) is 124 Å². The standard InChI is InChI=1S/C77H101N5O14S/c1-49-39-51(3)60-47-63-66(46-57(60)40-49)81(9)69(76(63,5)6)35-32-53-23-22-24-54(43-53)33-36-70-77(7,8)62-45-56-41-50(2)42-68(97(94,95)96)61(56)48-67(62)82(70)38-21-13-17-27-58(84)26-16-12-14-25-55(72(87)88)44-59(85)28-15-10-11-18-30-71(86)78-37-20-19-29-64(73(89)90)79-75(93)80-65(74(91)92)34-31-52(4)83/h32-33,35-36,39-43,45-48,55,64-65H,10-31,34,37-38,44H2,1-9H3,(H6-,78,79,80,86,87,88,89,90,91,92,93,94,95,96)/p+1/t55-,64?,65?/m1/s1. The van der Waals surface area contributed by atoms with Gasteiger partial charge in [-0.2, -0.15) is 13.0 Å². The lowest BCUT2D eigenvalue weighted by Gasteiger charge is -2.27. The Kier molecular flexibility index (Phi) is 27.1. The molecule has 0 saturated heterocycles. The van der Waals surface area contributed by atoms with Crippen molar-refractivity contribution >= 4 is 95.9 Å². The third-order valence-electron chi connectivity index (χ3n) is 19.5. The highest BCUT2D eigenvalue weighted by Crippen LogP contribution is 2.50. The number of nitrogens with one attached hydrogen (secondary N) is 3. The molecule has 0 fully saturated rings. The number of amides is 3. The van der Waals surface area contributed by atoms with Crippen LogP contribution in [-0.2, 0) is 54.5 Å². The second kappa shape index (κ2) is 34.4. The largest absolute Gasteiger partial charge is 0.481 e. The monoisotopic (exact) mass is 1350 g/mol. The molecule has 0 saturated carbocycles. The SMILES string of the molecule is CC(=O)CCC(NC(=O)NC(CCCCNC(=O)CCCCCCC(=O)C[C@@H](CCCCCC(=O)CCCCCN1C(=CC=C2C=C(C=CC3=[N+](C)c4cc5cc(C)cc(C)c5cc4C3(C)C)CCC2)C(C)(C)c2cc3cc(C)cc(S(=O)(=O)O)c3cc21)C(=O)O)C(=O)O)C(=O)O. The van der Waals surface area contributed by atoms with Crippen LogP contribution in [0.1, 0.15) is 217 Å². The Morgan fingerprint density at radius 2 is 1.23 bits per heavy atom. The number of allylic oxidation sites excluding steroid dienone is 8. The Hall–Kier alpha value is -8.10. The Balaban J connectivity index is 0.834. The van der Waals surface area contributed by atoms with Crippen molar-refractivity contribution < 1.29 is 71.2 Å². The van der Waals surface area contributed by atoms with E-state index >= 15 is 0 Å². The molecule has 19 nitrogen and oxygen atoms in total. The number of fused-ring (bicyclic) bond motifs is 4. The number of carboxylic acid groups (broad SMARTS) is 3. The summed E-state index contributed by atoms with van der Waals surface area (Å²) < 4.78 is 38.4. The number of carbonyl (C=O) groups excluding carboxylic acids is 5. The molecule has 97 heavy (non-hydrogen) atoms. The molecule has 524 valence electrons. The predicted molar refractivity (Wildman–Crippen MR) is 380 cm³/mol. The number of carboxylic acids is 3. The van der Waals surface area contributed by atoms with Crippen LogP contribution in [0.2, 0.25) is 0 Å². The average Bonchev–Trinajstić information content (AvgIpc) is 1.56. The quantitative estimate of drug-likeness (QED) is 0.0125.